The largest absolute Gasteiger partial charge is 0.379 e. The molecule has 0 radical (unpaired) electrons. The number of rotatable bonds is 19. The minimum absolute atomic E-state index is 0.244. The van der Waals surface area contributed by atoms with E-state index in [0.29, 0.717) is 57.4 Å². The SMILES string of the molecule is CCCCCCCCOCCOCCOCCOCCN1C(=O)c2ccccc2C1=O. The first-order valence-corrected chi connectivity index (χ1v) is 11.5. The minimum atomic E-state index is -0.256. The van der Waals surface area contributed by atoms with E-state index in [9.17, 15) is 9.59 Å². The highest BCUT2D eigenvalue weighted by molar-refractivity contribution is 6.21. The lowest BCUT2D eigenvalue weighted by Gasteiger charge is -2.13. The fraction of sp³-hybridized carbons (Fsp3) is 0.667. The van der Waals surface area contributed by atoms with Crippen molar-refractivity contribution in [1.82, 2.24) is 4.90 Å². The van der Waals surface area contributed by atoms with Crippen LogP contribution in [0.5, 0.6) is 0 Å². The summed E-state index contributed by atoms with van der Waals surface area (Å²) in [5.41, 5.74) is 0.923. The summed E-state index contributed by atoms with van der Waals surface area (Å²) in [6.45, 7) is 6.65. The van der Waals surface area contributed by atoms with Gasteiger partial charge in [0.15, 0.2) is 0 Å². The first-order chi connectivity index (χ1) is 15.3. The van der Waals surface area contributed by atoms with Gasteiger partial charge in [-0.25, -0.2) is 0 Å². The molecule has 1 aromatic rings. The van der Waals surface area contributed by atoms with Crippen molar-refractivity contribution in [3.63, 3.8) is 0 Å². The number of unbranched alkanes of at least 4 members (excludes halogenated alkanes) is 5. The van der Waals surface area contributed by atoms with E-state index in [0.717, 1.165) is 13.0 Å². The summed E-state index contributed by atoms with van der Waals surface area (Å²) >= 11 is 0. The van der Waals surface area contributed by atoms with Gasteiger partial charge in [-0.05, 0) is 18.6 Å². The fourth-order valence-electron chi connectivity index (χ4n) is 3.34. The maximum Gasteiger partial charge on any atom is 0.261 e. The molecule has 0 unspecified atom stereocenters. The van der Waals surface area contributed by atoms with E-state index in [-0.39, 0.29) is 18.4 Å². The van der Waals surface area contributed by atoms with Crippen LogP contribution >= 0.6 is 0 Å². The quantitative estimate of drug-likeness (QED) is 0.244. The smallest absolute Gasteiger partial charge is 0.261 e. The number of benzene rings is 1. The summed E-state index contributed by atoms with van der Waals surface area (Å²) in [6.07, 6.45) is 7.62. The lowest BCUT2D eigenvalue weighted by molar-refractivity contribution is -0.00353. The molecule has 7 heteroatoms. The van der Waals surface area contributed by atoms with E-state index in [1.54, 1.807) is 24.3 Å². The Hall–Kier alpha value is -1.80. The molecule has 0 aromatic heterocycles. The van der Waals surface area contributed by atoms with E-state index < -0.39 is 0 Å². The van der Waals surface area contributed by atoms with Crippen LogP contribution in [0.1, 0.15) is 66.2 Å². The van der Waals surface area contributed by atoms with Crippen LogP contribution in [0.15, 0.2) is 24.3 Å². The molecule has 31 heavy (non-hydrogen) atoms. The molecule has 0 aliphatic carbocycles. The lowest BCUT2D eigenvalue weighted by atomic mass is 10.1. The number of carbonyl (C=O) groups is 2. The third-order valence-corrected chi connectivity index (χ3v) is 5.10. The van der Waals surface area contributed by atoms with Gasteiger partial charge in [-0.15, -0.1) is 0 Å². The van der Waals surface area contributed by atoms with Crippen LogP contribution in [0.3, 0.4) is 0 Å². The number of hydrogen-bond donors (Lipinski definition) is 0. The highest BCUT2D eigenvalue weighted by Gasteiger charge is 2.34. The summed E-state index contributed by atoms with van der Waals surface area (Å²) in [5, 5.41) is 0. The van der Waals surface area contributed by atoms with E-state index in [2.05, 4.69) is 6.92 Å². The highest BCUT2D eigenvalue weighted by atomic mass is 16.6. The topological polar surface area (TPSA) is 74.3 Å². The molecule has 1 aromatic carbocycles. The van der Waals surface area contributed by atoms with Crippen LogP contribution in [0.2, 0.25) is 0 Å². The van der Waals surface area contributed by atoms with Crippen LogP contribution in [0, 0.1) is 0 Å². The summed E-state index contributed by atoms with van der Waals surface area (Å²) in [4.78, 5) is 25.7. The molecular weight excluding hydrogens is 398 g/mol. The molecule has 7 nitrogen and oxygen atoms in total. The predicted molar refractivity (Wildman–Crippen MR) is 118 cm³/mol. The molecule has 1 aliphatic rings. The zero-order chi connectivity index (χ0) is 22.2. The molecule has 0 fully saturated rings. The van der Waals surface area contributed by atoms with Crippen molar-refractivity contribution in [2.75, 3.05) is 59.4 Å². The Labute approximate surface area is 186 Å². The van der Waals surface area contributed by atoms with Crippen molar-refractivity contribution >= 4 is 11.8 Å². The third-order valence-electron chi connectivity index (χ3n) is 5.10. The fourth-order valence-corrected chi connectivity index (χ4v) is 3.34. The maximum atomic E-state index is 12.2. The van der Waals surface area contributed by atoms with Crippen LogP contribution < -0.4 is 0 Å². The molecule has 0 saturated carbocycles. The molecule has 2 amide bonds. The molecule has 0 N–H and O–H groups in total. The Morgan fingerprint density at radius 3 is 1.61 bits per heavy atom. The molecule has 0 spiro atoms. The van der Waals surface area contributed by atoms with Crippen LogP contribution in [-0.2, 0) is 18.9 Å². The predicted octanol–water partition coefficient (Wildman–Crippen LogP) is 3.71. The Morgan fingerprint density at radius 2 is 1.06 bits per heavy atom. The monoisotopic (exact) mass is 435 g/mol. The number of ether oxygens (including phenoxy) is 4. The number of nitrogens with zero attached hydrogens (tertiary/aromatic N) is 1. The van der Waals surface area contributed by atoms with Crippen molar-refractivity contribution < 1.29 is 28.5 Å². The van der Waals surface area contributed by atoms with Gasteiger partial charge in [0.2, 0.25) is 0 Å². The number of hydrogen-bond acceptors (Lipinski definition) is 6. The van der Waals surface area contributed by atoms with Crippen LogP contribution in [0.4, 0.5) is 0 Å². The van der Waals surface area contributed by atoms with Gasteiger partial charge in [-0.1, -0.05) is 51.2 Å². The van der Waals surface area contributed by atoms with Crippen molar-refractivity contribution in [3.05, 3.63) is 35.4 Å². The molecular formula is C24H37NO6. The second kappa shape index (κ2) is 15.9. The Morgan fingerprint density at radius 1 is 0.613 bits per heavy atom. The number of imide groups is 1. The summed E-state index contributed by atoms with van der Waals surface area (Å²) in [5.74, 6) is -0.512. The molecule has 1 heterocycles. The normalized spacial score (nSPS) is 13.3. The van der Waals surface area contributed by atoms with E-state index >= 15 is 0 Å². The van der Waals surface area contributed by atoms with E-state index in [1.165, 1.54) is 37.0 Å². The van der Waals surface area contributed by atoms with E-state index in [1.807, 2.05) is 0 Å². The molecule has 174 valence electrons. The Kier molecular flexibility index (Phi) is 13.1. The van der Waals surface area contributed by atoms with Gasteiger partial charge in [0, 0.05) is 6.61 Å². The Balaban J connectivity index is 1.33. The zero-order valence-corrected chi connectivity index (χ0v) is 18.8. The van der Waals surface area contributed by atoms with Gasteiger partial charge in [0.25, 0.3) is 11.8 Å². The molecule has 0 saturated heterocycles. The first-order valence-electron chi connectivity index (χ1n) is 11.5. The summed E-state index contributed by atoms with van der Waals surface area (Å²) in [6, 6.07) is 6.87. The van der Waals surface area contributed by atoms with Gasteiger partial charge in [-0.2, -0.15) is 0 Å². The van der Waals surface area contributed by atoms with E-state index in [4.69, 9.17) is 18.9 Å². The van der Waals surface area contributed by atoms with Gasteiger partial charge in [0.1, 0.15) is 0 Å². The average molecular weight is 436 g/mol. The van der Waals surface area contributed by atoms with Crippen LogP contribution in [-0.4, -0.2) is 76.1 Å². The van der Waals surface area contributed by atoms with Gasteiger partial charge in [0.05, 0.1) is 63.9 Å². The molecule has 0 atom stereocenters. The number of fused-ring (bicyclic) bond motifs is 1. The molecule has 0 bridgehead atoms. The van der Waals surface area contributed by atoms with Crippen LogP contribution in [0.25, 0.3) is 0 Å². The van der Waals surface area contributed by atoms with Gasteiger partial charge < -0.3 is 18.9 Å². The average Bonchev–Trinajstić information content (AvgIpc) is 3.03. The third kappa shape index (κ3) is 9.47. The summed E-state index contributed by atoms with van der Waals surface area (Å²) in [7, 11) is 0. The van der Waals surface area contributed by atoms with Crippen molar-refractivity contribution in [1.29, 1.82) is 0 Å². The zero-order valence-electron chi connectivity index (χ0n) is 18.8. The second-order valence-corrected chi connectivity index (χ2v) is 7.52. The highest BCUT2D eigenvalue weighted by Crippen LogP contribution is 2.21. The number of carbonyl (C=O) groups excluding carboxylic acids is 2. The molecule has 2 rings (SSSR count). The minimum Gasteiger partial charge on any atom is -0.379 e. The van der Waals surface area contributed by atoms with Crippen molar-refractivity contribution in [2.45, 2.75) is 45.4 Å². The van der Waals surface area contributed by atoms with Crippen molar-refractivity contribution in [2.24, 2.45) is 0 Å². The first kappa shape index (κ1) is 25.5. The Bertz CT molecular complexity index is 616. The van der Waals surface area contributed by atoms with Crippen molar-refractivity contribution in [3.8, 4) is 0 Å². The summed E-state index contributed by atoms with van der Waals surface area (Å²) < 4.78 is 21.9. The number of amides is 2. The maximum absolute atomic E-state index is 12.2. The standard InChI is InChI=1S/C24H37NO6/c1-2-3-4-5-6-9-13-28-15-17-30-19-20-31-18-16-29-14-12-25-23(26)21-10-7-8-11-22(21)24(25)27/h7-8,10-11H,2-6,9,12-20H2,1H3. The van der Waals surface area contributed by atoms with Gasteiger partial charge >= 0.3 is 0 Å². The lowest BCUT2D eigenvalue weighted by Crippen LogP contribution is -2.33. The van der Waals surface area contributed by atoms with Gasteiger partial charge in [-0.3, -0.25) is 14.5 Å². The molecule has 1 aliphatic heterocycles. The second-order valence-electron chi connectivity index (χ2n) is 7.52.